The molecule has 0 aliphatic carbocycles. The lowest BCUT2D eigenvalue weighted by atomic mass is 9.97. The van der Waals surface area contributed by atoms with Gasteiger partial charge in [0.2, 0.25) is 0 Å². The molecule has 262 valence electrons. The lowest BCUT2D eigenvalue weighted by Gasteiger charge is -2.28. The molecule has 0 aliphatic heterocycles. The average Bonchev–Trinajstić information content (AvgIpc) is 3.61. The van der Waals surface area contributed by atoms with Gasteiger partial charge in [-0.15, -0.1) is 0 Å². The van der Waals surface area contributed by atoms with E-state index < -0.39 is 0 Å². The van der Waals surface area contributed by atoms with Gasteiger partial charge in [0.15, 0.2) is 0 Å². The zero-order valence-corrected chi connectivity index (χ0v) is 30.7. The summed E-state index contributed by atoms with van der Waals surface area (Å²) >= 11 is 0. The Morgan fingerprint density at radius 2 is 0.839 bits per heavy atom. The molecule has 11 rings (SSSR count). The Morgan fingerprint density at radius 3 is 1.62 bits per heavy atom. The van der Waals surface area contributed by atoms with Gasteiger partial charge in [-0.3, -0.25) is 0 Å². The van der Waals surface area contributed by atoms with Crippen molar-refractivity contribution in [3.63, 3.8) is 0 Å². The summed E-state index contributed by atoms with van der Waals surface area (Å²) < 4.78 is 2.40. The topological polar surface area (TPSA) is 8.17 Å². The first kappa shape index (κ1) is 32.0. The Kier molecular flexibility index (Phi) is 7.53. The van der Waals surface area contributed by atoms with Crippen LogP contribution in [-0.2, 0) is 0 Å². The van der Waals surface area contributed by atoms with E-state index in [2.05, 4.69) is 228 Å². The van der Waals surface area contributed by atoms with Crippen molar-refractivity contribution in [2.75, 3.05) is 4.90 Å². The van der Waals surface area contributed by atoms with E-state index in [1.807, 2.05) is 0 Å². The molecule has 11 aromatic rings. The summed E-state index contributed by atoms with van der Waals surface area (Å²) in [6, 6.07) is 79.6. The van der Waals surface area contributed by atoms with Gasteiger partial charge in [-0.05, 0) is 110 Å². The minimum Gasteiger partial charge on any atom is -0.309 e. The van der Waals surface area contributed by atoms with Crippen LogP contribution in [0, 0.1) is 0 Å². The normalized spacial score (nSPS) is 11.6. The van der Waals surface area contributed by atoms with E-state index in [0.717, 1.165) is 22.7 Å². The maximum absolute atomic E-state index is 2.47. The minimum absolute atomic E-state index is 1.11. The molecular formula is C54H36N2. The zero-order valence-electron chi connectivity index (χ0n) is 30.7. The first-order chi connectivity index (χ1) is 27.8. The molecule has 0 radical (unpaired) electrons. The predicted octanol–water partition coefficient (Wildman–Crippen LogP) is 15.0. The third kappa shape index (κ3) is 5.34. The molecule has 1 aromatic heterocycles. The van der Waals surface area contributed by atoms with Gasteiger partial charge in [-0.2, -0.15) is 0 Å². The molecule has 56 heavy (non-hydrogen) atoms. The molecule has 0 atom stereocenters. The van der Waals surface area contributed by atoms with Crippen LogP contribution in [0.2, 0.25) is 0 Å². The van der Waals surface area contributed by atoms with Crippen LogP contribution in [0.15, 0.2) is 218 Å². The Labute approximate surface area is 325 Å². The van der Waals surface area contributed by atoms with E-state index in [0.29, 0.717) is 0 Å². The average molecular weight is 713 g/mol. The van der Waals surface area contributed by atoms with Crippen LogP contribution < -0.4 is 4.90 Å². The highest BCUT2D eigenvalue weighted by molar-refractivity contribution is 6.17. The van der Waals surface area contributed by atoms with Crippen LogP contribution >= 0.6 is 0 Å². The number of nitrogens with zero attached hydrogens (tertiary/aromatic N) is 2. The second kappa shape index (κ2) is 13.2. The Morgan fingerprint density at radius 1 is 0.304 bits per heavy atom. The number of rotatable bonds is 6. The number of benzene rings is 10. The third-order valence-corrected chi connectivity index (χ3v) is 11.3. The smallest absolute Gasteiger partial charge is 0.0562 e. The number of hydrogen-bond donors (Lipinski definition) is 0. The molecule has 0 unspecified atom stereocenters. The van der Waals surface area contributed by atoms with Crippen molar-refractivity contribution in [1.29, 1.82) is 0 Å². The van der Waals surface area contributed by atoms with Crippen molar-refractivity contribution in [2.45, 2.75) is 0 Å². The zero-order chi connectivity index (χ0) is 37.0. The van der Waals surface area contributed by atoms with Crippen LogP contribution in [0.4, 0.5) is 17.1 Å². The lowest BCUT2D eigenvalue weighted by molar-refractivity contribution is 1.18. The number of anilines is 3. The van der Waals surface area contributed by atoms with E-state index in [1.165, 1.54) is 76.4 Å². The molecule has 0 amide bonds. The van der Waals surface area contributed by atoms with Crippen LogP contribution in [-0.4, -0.2) is 4.57 Å². The quantitative estimate of drug-likeness (QED) is 0.167. The van der Waals surface area contributed by atoms with E-state index in [4.69, 9.17) is 0 Å². The van der Waals surface area contributed by atoms with Gasteiger partial charge in [0, 0.05) is 27.5 Å². The fourth-order valence-corrected chi connectivity index (χ4v) is 8.63. The highest BCUT2D eigenvalue weighted by atomic mass is 15.1. The fourth-order valence-electron chi connectivity index (χ4n) is 8.63. The Hall–Kier alpha value is -7.42. The van der Waals surface area contributed by atoms with Gasteiger partial charge < -0.3 is 9.47 Å². The molecule has 1 heterocycles. The summed E-state index contributed by atoms with van der Waals surface area (Å²) in [5, 5.41) is 9.80. The number of aromatic nitrogens is 1. The maximum atomic E-state index is 2.47. The van der Waals surface area contributed by atoms with Crippen molar-refractivity contribution in [1.82, 2.24) is 4.57 Å². The van der Waals surface area contributed by atoms with Gasteiger partial charge >= 0.3 is 0 Å². The number of hydrogen-bond acceptors (Lipinski definition) is 1. The predicted molar refractivity (Wildman–Crippen MR) is 239 cm³/mol. The van der Waals surface area contributed by atoms with Crippen LogP contribution in [0.5, 0.6) is 0 Å². The largest absolute Gasteiger partial charge is 0.309 e. The monoisotopic (exact) mass is 712 g/mol. The third-order valence-electron chi connectivity index (χ3n) is 11.3. The molecule has 2 nitrogen and oxygen atoms in total. The second-order valence-electron chi connectivity index (χ2n) is 14.6. The standard InChI is InChI=1S/C54H36N2/c1-2-16-46(17-3-1)55-51-20-9-8-19-49(51)54-52(55)22-11-23-53(54)56(50-21-10-15-41-13-6-7-18-48(41)50)47-33-32-40-29-31-44(35-45(40)36-47)39-26-24-38(25-27-39)43-30-28-37-12-4-5-14-42(37)34-43/h1-36H. The Balaban J connectivity index is 1.08. The van der Waals surface area contributed by atoms with Crippen LogP contribution in [0.3, 0.4) is 0 Å². The second-order valence-corrected chi connectivity index (χ2v) is 14.6. The summed E-state index contributed by atoms with van der Waals surface area (Å²) in [5.41, 5.74) is 11.8. The summed E-state index contributed by atoms with van der Waals surface area (Å²) in [5.74, 6) is 0. The molecule has 0 saturated carbocycles. The first-order valence-electron chi connectivity index (χ1n) is 19.3. The fraction of sp³-hybridized carbons (Fsp3) is 0. The number of para-hydroxylation sites is 2. The number of fused-ring (bicyclic) bond motifs is 6. The molecule has 0 saturated heterocycles. The summed E-state index contributed by atoms with van der Waals surface area (Å²) in [6.07, 6.45) is 0. The van der Waals surface area contributed by atoms with E-state index >= 15 is 0 Å². The van der Waals surface area contributed by atoms with Gasteiger partial charge in [0.1, 0.15) is 0 Å². The molecule has 0 fully saturated rings. The van der Waals surface area contributed by atoms with Gasteiger partial charge in [-0.1, -0.05) is 158 Å². The Bertz CT molecular complexity index is 3240. The SMILES string of the molecule is c1ccc(-n2c3ccccc3c3c(N(c4ccc5ccc(-c6ccc(-c7ccc8ccccc8c7)cc6)cc5c4)c4cccc5ccccc45)cccc32)cc1. The lowest BCUT2D eigenvalue weighted by Crippen LogP contribution is -2.11. The highest BCUT2D eigenvalue weighted by Gasteiger charge is 2.22. The molecular weight excluding hydrogens is 677 g/mol. The van der Waals surface area contributed by atoms with Gasteiger partial charge in [0.25, 0.3) is 0 Å². The molecule has 0 aliphatic rings. The van der Waals surface area contributed by atoms with Crippen LogP contribution in [0.1, 0.15) is 0 Å². The van der Waals surface area contributed by atoms with Crippen LogP contribution in [0.25, 0.3) is 82.1 Å². The molecule has 0 N–H and O–H groups in total. The van der Waals surface area contributed by atoms with E-state index in [1.54, 1.807) is 0 Å². The molecule has 10 aromatic carbocycles. The van der Waals surface area contributed by atoms with E-state index in [9.17, 15) is 0 Å². The molecule has 2 heteroatoms. The maximum Gasteiger partial charge on any atom is 0.0562 e. The molecule has 0 bridgehead atoms. The van der Waals surface area contributed by atoms with Crippen molar-refractivity contribution in [3.8, 4) is 27.9 Å². The molecule has 0 spiro atoms. The van der Waals surface area contributed by atoms with Gasteiger partial charge in [0.05, 0.1) is 22.4 Å². The van der Waals surface area contributed by atoms with Crippen molar-refractivity contribution >= 4 is 71.2 Å². The summed E-state index contributed by atoms with van der Waals surface area (Å²) in [4.78, 5) is 2.47. The summed E-state index contributed by atoms with van der Waals surface area (Å²) in [6.45, 7) is 0. The van der Waals surface area contributed by atoms with Crippen molar-refractivity contribution < 1.29 is 0 Å². The van der Waals surface area contributed by atoms with Gasteiger partial charge in [-0.25, -0.2) is 0 Å². The minimum atomic E-state index is 1.11. The first-order valence-corrected chi connectivity index (χ1v) is 19.3. The van der Waals surface area contributed by atoms with Crippen molar-refractivity contribution in [2.24, 2.45) is 0 Å². The van der Waals surface area contributed by atoms with Crippen molar-refractivity contribution in [3.05, 3.63) is 218 Å². The highest BCUT2D eigenvalue weighted by Crippen LogP contribution is 2.46. The van der Waals surface area contributed by atoms with E-state index in [-0.39, 0.29) is 0 Å². The summed E-state index contributed by atoms with van der Waals surface area (Å²) in [7, 11) is 0.